The van der Waals surface area contributed by atoms with Crippen LogP contribution in [0.4, 0.5) is 0 Å². The van der Waals surface area contributed by atoms with Gasteiger partial charge >= 0.3 is 0 Å². The molecule has 2 rings (SSSR count). The van der Waals surface area contributed by atoms with Crippen LogP contribution < -0.4 is 4.72 Å². The predicted octanol–water partition coefficient (Wildman–Crippen LogP) is 3.89. The number of benzene rings is 2. The molecule has 0 radical (unpaired) electrons. The van der Waals surface area contributed by atoms with E-state index in [0.29, 0.717) is 9.50 Å². The van der Waals surface area contributed by atoms with Gasteiger partial charge in [-0.2, -0.15) is 0 Å². The highest BCUT2D eigenvalue weighted by Gasteiger charge is 2.14. The van der Waals surface area contributed by atoms with Gasteiger partial charge < -0.3 is 0 Å². The van der Waals surface area contributed by atoms with Crippen LogP contribution in [-0.2, 0) is 16.6 Å². The first kappa shape index (κ1) is 15.5. The fraction of sp³-hybridized carbons (Fsp3) is 0.143. The lowest BCUT2D eigenvalue weighted by Gasteiger charge is -2.08. The largest absolute Gasteiger partial charge is 0.240 e. The summed E-state index contributed by atoms with van der Waals surface area (Å²) in [5.74, 6) is 0. The molecule has 0 aliphatic rings. The molecule has 0 unspecified atom stereocenters. The van der Waals surface area contributed by atoms with Gasteiger partial charge in [0.1, 0.15) is 0 Å². The molecule has 0 saturated carbocycles. The lowest BCUT2D eigenvalue weighted by Crippen LogP contribution is -2.23. The Morgan fingerprint density at radius 1 is 1.15 bits per heavy atom. The first-order chi connectivity index (χ1) is 9.38. The van der Waals surface area contributed by atoms with Gasteiger partial charge in [0.05, 0.1) is 9.92 Å². The zero-order valence-corrected chi connectivity index (χ0v) is 13.9. The average molecular weight is 375 g/mol. The van der Waals surface area contributed by atoms with Gasteiger partial charge in [-0.15, -0.1) is 0 Å². The van der Waals surface area contributed by atoms with Crippen LogP contribution in [0.2, 0.25) is 5.02 Å². The minimum absolute atomic E-state index is 0.181. The molecule has 0 spiro atoms. The van der Waals surface area contributed by atoms with Gasteiger partial charge in [0.25, 0.3) is 0 Å². The predicted molar refractivity (Wildman–Crippen MR) is 84.4 cm³/mol. The van der Waals surface area contributed by atoms with Crippen LogP contribution in [0.15, 0.2) is 51.8 Å². The number of rotatable bonds is 4. The molecule has 20 heavy (non-hydrogen) atoms. The van der Waals surface area contributed by atoms with Gasteiger partial charge in [-0.1, -0.05) is 41.4 Å². The third-order valence-corrected chi connectivity index (χ3v) is 5.40. The monoisotopic (exact) mass is 373 g/mol. The minimum Gasteiger partial charge on any atom is -0.207 e. The highest BCUT2D eigenvalue weighted by Crippen LogP contribution is 2.25. The van der Waals surface area contributed by atoms with E-state index < -0.39 is 10.0 Å². The van der Waals surface area contributed by atoms with Crippen molar-refractivity contribution in [3.05, 3.63) is 63.1 Å². The van der Waals surface area contributed by atoms with Gasteiger partial charge in [-0.25, -0.2) is 13.1 Å². The SMILES string of the molecule is Cc1ccc(CNS(=O)(=O)c2ccc(Cl)c(Br)c2)cc1. The van der Waals surface area contributed by atoms with Crippen LogP contribution in [0.25, 0.3) is 0 Å². The van der Waals surface area contributed by atoms with Crippen LogP contribution >= 0.6 is 27.5 Å². The van der Waals surface area contributed by atoms with Gasteiger partial charge in [0, 0.05) is 11.0 Å². The molecule has 0 saturated heterocycles. The number of halogens is 2. The number of hydrogen-bond donors (Lipinski definition) is 1. The van der Waals surface area contributed by atoms with E-state index in [9.17, 15) is 8.42 Å². The molecular formula is C14H13BrClNO2S. The molecule has 0 fully saturated rings. The van der Waals surface area contributed by atoms with Crippen LogP contribution in [-0.4, -0.2) is 8.42 Å². The smallest absolute Gasteiger partial charge is 0.207 e. The lowest BCUT2D eigenvalue weighted by atomic mass is 10.2. The van der Waals surface area contributed by atoms with Crippen LogP contribution in [0, 0.1) is 6.92 Å². The van der Waals surface area contributed by atoms with E-state index in [1.54, 1.807) is 6.07 Å². The number of aryl methyl sites for hydroxylation is 1. The highest BCUT2D eigenvalue weighted by atomic mass is 79.9. The fourth-order valence-electron chi connectivity index (χ4n) is 1.61. The number of nitrogens with one attached hydrogen (secondary N) is 1. The summed E-state index contributed by atoms with van der Waals surface area (Å²) in [5.41, 5.74) is 2.05. The van der Waals surface area contributed by atoms with Gasteiger partial charge in [0.15, 0.2) is 0 Å². The van der Waals surface area contributed by atoms with Crippen molar-refractivity contribution in [3.63, 3.8) is 0 Å². The maximum Gasteiger partial charge on any atom is 0.240 e. The van der Waals surface area contributed by atoms with E-state index >= 15 is 0 Å². The topological polar surface area (TPSA) is 46.2 Å². The van der Waals surface area contributed by atoms with Crippen molar-refractivity contribution in [2.45, 2.75) is 18.4 Å². The molecule has 2 aromatic carbocycles. The molecule has 0 aliphatic heterocycles. The Morgan fingerprint density at radius 2 is 1.80 bits per heavy atom. The van der Waals surface area contributed by atoms with E-state index in [-0.39, 0.29) is 11.4 Å². The van der Waals surface area contributed by atoms with Crippen LogP contribution in [0.1, 0.15) is 11.1 Å². The van der Waals surface area contributed by atoms with Crippen molar-refractivity contribution in [2.24, 2.45) is 0 Å². The maximum absolute atomic E-state index is 12.2. The standard InChI is InChI=1S/C14H13BrClNO2S/c1-10-2-4-11(5-3-10)9-17-20(18,19)12-6-7-14(16)13(15)8-12/h2-8,17H,9H2,1H3. The molecule has 1 N–H and O–H groups in total. The molecule has 2 aromatic rings. The molecule has 0 amide bonds. The first-order valence-electron chi connectivity index (χ1n) is 5.89. The van der Waals surface area contributed by atoms with E-state index in [1.165, 1.54) is 12.1 Å². The zero-order chi connectivity index (χ0) is 14.8. The Labute approximate surface area is 132 Å². The zero-order valence-electron chi connectivity index (χ0n) is 10.7. The third-order valence-electron chi connectivity index (χ3n) is 2.79. The van der Waals surface area contributed by atoms with Crippen molar-refractivity contribution < 1.29 is 8.42 Å². The molecule has 0 heterocycles. The molecule has 3 nitrogen and oxygen atoms in total. The lowest BCUT2D eigenvalue weighted by molar-refractivity contribution is 0.581. The molecule has 0 atom stereocenters. The Bertz CT molecular complexity index is 714. The molecule has 6 heteroatoms. The summed E-state index contributed by atoms with van der Waals surface area (Å²) in [6.45, 7) is 2.24. The molecular weight excluding hydrogens is 362 g/mol. The first-order valence-corrected chi connectivity index (χ1v) is 8.54. The molecule has 0 aliphatic carbocycles. The van der Waals surface area contributed by atoms with E-state index in [1.807, 2.05) is 31.2 Å². The Kier molecular flexibility index (Phi) is 4.86. The van der Waals surface area contributed by atoms with Crippen molar-refractivity contribution in [1.82, 2.24) is 4.72 Å². The fourth-order valence-corrected chi connectivity index (χ4v) is 3.30. The van der Waals surface area contributed by atoms with Crippen molar-refractivity contribution in [3.8, 4) is 0 Å². The Hall–Kier alpha value is -0.880. The van der Waals surface area contributed by atoms with Crippen LogP contribution in [0.3, 0.4) is 0 Å². The second-order valence-electron chi connectivity index (χ2n) is 4.39. The van der Waals surface area contributed by atoms with Gasteiger partial charge in [-0.3, -0.25) is 0 Å². The van der Waals surface area contributed by atoms with E-state index in [2.05, 4.69) is 20.7 Å². The van der Waals surface area contributed by atoms with E-state index in [0.717, 1.165) is 11.1 Å². The number of sulfonamides is 1. The summed E-state index contributed by atoms with van der Waals surface area (Å²) in [7, 11) is -3.55. The maximum atomic E-state index is 12.2. The molecule has 0 bridgehead atoms. The Balaban J connectivity index is 2.14. The quantitative estimate of drug-likeness (QED) is 0.882. The third kappa shape index (κ3) is 3.82. The summed E-state index contributed by atoms with van der Waals surface area (Å²) in [6.07, 6.45) is 0. The summed E-state index contributed by atoms with van der Waals surface area (Å²) in [5, 5.41) is 0.475. The highest BCUT2D eigenvalue weighted by molar-refractivity contribution is 9.10. The van der Waals surface area contributed by atoms with E-state index in [4.69, 9.17) is 11.6 Å². The molecule has 106 valence electrons. The van der Waals surface area contributed by atoms with Crippen LogP contribution in [0.5, 0.6) is 0 Å². The van der Waals surface area contributed by atoms with Gasteiger partial charge in [-0.05, 0) is 46.6 Å². The van der Waals surface area contributed by atoms with Crippen molar-refractivity contribution in [1.29, 1.82) is 0 Å². The summed E-state index contributed by atoms with van der Waals surface area (Å²) in [4.78, 5) is 0.181. The minimum atomic E-state index is -3.55. The Morgan fingerprint density at radius 3 is 2.40 bits per heavy atom. The summed E-state index contributed by atoms with van der Waals surface area (Å²) in [6, 6.07) is 12.2. The normalized spacial score (nSPS) is 11.6. The molecule has 0 aromatic heterocycles. The van der Waals surface area contributed by atoms with Gasteiger partial charge in [0.2, 0.25) is 10.0 Å². The number of hydrogen-bond acceptors (Lipinski definition) is 2. The van der Waals surface area contributed by atoms with Crippen molar-refractivity contribution in [2.75, 3.05) is 0 Å². The summed E-state index contributed by atoms with van der Waals surface area (Å²) >= 11 is 9.07. The summed E-state index contributed by atoms with van der Waals surface area (Å²) < 4.78 is 27.4. The second-order valence-corrected chi connectivity index (χ2v) is 7.41. The average Bonchev–Trinajstić information content (AvgIpc) is 2.41. The second kappa shape index (κ2) is 6.26. The van der Waals surface area contributed by atoms with Crippen molar-refractivity contribution >= 4 is 37.6 Å².